The van der Waals surface area contributed by atoms with Gasteiger partial charge in [0.15, 0.2) is 0 Å². The van der Waals surface area contributed by atoms with E-state index in [-0.39, 0.29) is 23.7 Å². The van der Waals surface area contributed by atoms with E-state index in [9.17, 15) is 17.6 Å². The molecule has 1 saturated heterocycles. The fraction of sp³-hybridized carbons (Fsp3) is 0.389. The Balaban J connectivity index is 1.81. The summed E-state index contributed by atoms with van der Waals surface area (Å²) in [6.45, 7) is 1.27. The number of nitrogens with zero attached hydrogens (tertiary/aromatic N) is 3. The molecule has 27 heavy (non-hydrogen) atoms. The van der Waals surface area contributed by atoms with Crippen LogP contribution in [0.15, 0.2) is 46.2 Å². The fourth-order valence-corrected chi connectivity index (χ4v) is 4.87. The molecular formula is C18H21ClFN3O3S. The third-order valence-corrected chi connectivity index (χ3v) is 6.78. The molecule has 0 aliphatic carbocycles. The quantitative estimate of drug-likeness (QED) is 0.730. The number of rotatable bonds is 6. The molecule has 2 heterocycles. The van der Waals surface area contributed by atoms with Gasteiger partial charge in [0, 0.05) is 42.5 Å². The Morgan fingerprint density at radius 3 is 2.56 bits per heavy atom. The van der Waals surface area contributed by atoms with Gasteiger partial charge in [-0.05, 0) is 38.1 Å². The van der Waals surface area contributed by atoms with Crippen LogP contribution in [0.25, 0.3) is 0 Å². The Labute approximate surface area is 162 Å². The van der Waals surface area contributed by atoms with Gasteiger partial charge < -0.3 is 4.57 Å². The van der Waals surface area contributed by atoms with Crippen LogP contribution in [-0.2, 0) is 23.2 Å². The van der Waals surface area contributed by atoms with E-state index in [1.54, 1.807) is 18.0 Å². The molecule has 0 amide bonds. The van der Waals surface area contributed by atoms with Crippen molar-refractivity contribution in [2.24, 2.45) is 0 Å². The molecule has 1 aliphatic heterocycles. The van der Waals surface area contributed by atoms with E-state index in [4.69, 9.17) is 11.6 Å². The second-order valence-corrected chi connectivity index (χ2v) is 8.98. The lowest BCUT2D eigenvalue weighted by Gasteiger charge is -2.20. The van der Waals surface area contributed by atoms with E-state index in [0.29, 0.717) is 23.7 Å². The highest BCUT2D eigenvalue weighted by Gasteiger charge is 2.27. The largest absolute Gasteiger partial charge is 0.301 e. The van der Waals surface area contributed by atoms with Crippen LogP contribution in [0.2, 0.25) is 5.02 Å². The monoisotopic (exact) mass is 413 g/mol. The molecule has 0 N–H and O–H groups in total. The molecule has 1 aromatic carbocycles. The number of hydrogen-bond donors (Lipinski definition) is 0. The van der Waals surface area contributed by atoms with Crippen molar-refractivity contribution in [3.8, 4) is 0 Å². The summed E-state index contributed by atoms with van der Waals surface area (Å²) in [7, 11) is -1.91. The third kappa shape index (κ3) is 4.40. The molecular weight excluding hydrogens is 393 g/mol. The Kier molecular flexibility index (Phi) is 6.00. The summed E-state index contributed by atoms with van der Waals surface area (Å²) in [6, 6.07) is 7.03. The van der Waals surface area contributed by atoms with E-state index >= 15 is 0 Å². The van der Waals surface area contributed by atoms with Crippen molar-refractivity contribution in [2.45, 2.75) is 31.0 Å². The van der Waals surface area contributed by atoms with Crippen molar-refractivity contribution < 1.29 is 12.8 Å². The number of hydrogen-bond acceptors (Lipinski definition) is 4. The van der Waals surface area contributed by atoms with Gasteiger partial charge >= 0.3 is 0 Å². The number of pyridine rings is 1. The summed E-state index contributed by atoms with van der Waals surface area (Å²) >= 11 is 6.05. The molecule has 1 aromatic heterocycles. The van der Waals surface area contributed by atoms with Gasteiger partial charge in [0.05, 0.1) is 11.6 Å². The van der Waals surface area contributed by atoms with Gasteiger partial charge in [-0.25, -0.2) is 12.8 Å². The highest BCUT2D eigenvalue weighted by Crippen LogP contribution is 2.21. The number of halogens is 2. The Hall–Kier alpha value is -1.74. The van der Waals surface area contributed by atoms with Crippen LogP contribution in [0, 0.1) is 5.82 Å². The van der Waals surface area contributed by atoms with Crippen LogP contribution in [0.3, 0.4) is 0 Å². The summed E-state index contributed by atoms with van der Waals surface area (Å²) in [5, 5.41) is 0.305. The molecule has 1 fully saturated rings. The first kappa shape index (κ1) is 20.0. The summed E-state index contributed by atoms with van der Waals surface area (Å²) in [6.07, 6.45) is 3.02. The molecule has 9 heteroatoms. The Morgan fingerprint density at radius 2 is 1.89 bits per heavy atom. The number of aromatic nitrogens is 1. The minimum absolute atomic E-state index is 0.0846. The van der Waals surface area contributed by atoms with Gasteiger partial charge in [0.1, 0.15) is 5.82 Å². The maximum absolute atomic E-state index is 14.0. The van der Waals surface area contributed by atoms with Gasteiger partial charge in [-0.3, -0.25) is 9.69 Å². The summed E-state index contributed by atoms with van der Waals surface area (Å²) in [4.78, 5) is 13.9. The molecule has 146 valence electrons. The predicted molar refractivity (Wildman–Crippen MR) is 102 cm³/mol. The standard InChI is InChI=1S/C18H21ClFN3O3S/c1-21(12-15-16(19)5-4-6-17(15)20)13-22-11-14(7-8-18(22)24)27(25,26)23-9-2-3-10-23/h4-8,11H,2-3,9-10,12-13H2,1H3. The van der Waals surface area contributed by atoms with Crippen molar-refractivity contribution in [3.05, 3.63) is 63.3 Å². The van der Waals surface area contributed by atoms with E-state index in [0.717, 1.165) is 12.8 Å². The first-order valence-electron chi connectivity index (χ1n) is 8.61. The molecule has 0 radical (unpaired) electrons. The van der Waals surface area contributed by atoms with Gasteiger partial charge in [-0.15, -0.1) is 0 Å². The molecule has 0 saturated carbocycles. The maximum atomic E-state index is 14.0. The van der Waals surface area contributed by atoms with Gasteiger partial charge in [0.2, 0.25) is 10.0 Å². The normalized spacial score (nSPS) is 15.6. The summed E-state index contributed by atoms with van der Waals surface area (Å²) < 4.78 is 42.1. The molecule has 0 atom stereocenters. The third-order valence-electron chi connectivity index (χ3n) is 4.54. The maximum Gasteiger partial charge on any atom is 0.251 e. The fourth-order valence-electron chi connectivity index (χ4n) is 3.11. The Bertz CT molecular complexity index is 967. The smallest absolute Gasteiger partial charge is 0.251 e. The van der Waals surface area contributed by atoms with E-state index in [1.807, 2.05) is 0 Å². The van der Waals surface area contributed by atoms with Crippen LogP contribution in [-0.4, -0.2) is 42.3 Å². The van der Waals surface area contributed by atoms with Crippen LogP contribution >= 0.6 is 11.6 Å². The lowest BCUT2D eigenvalue weighted by atomic mass is 10.2. The zero-order valence-corrected chi connectivity index (χ0v) is 16.5. The van der Waals surface area contributed by atoms with Crippen LogP contribution in [0.1, 0.15) is 18.4 Å². The highest BCUT2D eigenvalue weighted by molar-refractivity contribution is 7.89. The average molecular weight is 414 g/mol. The van der Waals surface area contributed by atoms with E-state index in [2.05, 4.69) is 0 Å². The molecule has 6 nitrogen and oxygen atoms in total. The van der Waals surface area contributed by atoms with Crippen molar-refractivity contribution in [1.29, 1.82) is 0 Å². The molecule has 3 rings (SSSR count). The molecule has 1 aliphatic rings. The summed E-state index contributed by atoms with van der Waals surface area (Å²) in [5.41, 5.74) is -0.00240. The summed E-state index contributed by atoms with van der Waals surface area (Å²) in [5.74, 6) is -0.424. The lowest BCUT2D eigenvalue weighted by Crippen LogP contribution is -2.32. The van der Waals surface area contributed by atoms with Gasteiger partial charge in [0.25, 0.3) is 5.56 Å². The van der Waals surface area contributed by atoms with Crippen molar-refractivity contribution in [3.63, 3.8) is 0 Å². The average Bonchev–Trinajstić information content (AvgIpc) is 3.15. The van der Waals surface area contributed by atoms with E-state index < -0.39 is 15.8 Å². The van der Waals surface area contributed by atoms with Crippen LogP contribution in [0.5, 0.6) is 0 Å². The minimum atomic E-state index is -3.61. The lowest BCUT2D eigenvalue weighted by molar-refractivity contribution is 0.252. The zero-order chi connectivity index (χ0) is 19.6. The first-order valence-corrected chi connectivity index (χ1v) is 10.4. The topological polar surface area (TPSA) is 62.6 Å². The van der Waals surface area contributed by atoms with Crippen LogP contribution < -0.4 is 5.56 Å². The predicted octanol–water partition coefficient (Wildman–Crippen LogP) is 2.51. The van der Waals surface area contributed by atoms with Gasteiger partial charge in [-0.1, -0.05) is 17.7 Å². The molecule has 0 bridgehead atoms. The first-order chi connectivity index (χ1) is 12.8. The van der Waals surface area contributed by atoms with Crippen LogP contribution in [0.4, 0.5) is 4.39 Å². The van der Waals surface area contributed by atoms with Crippen molar-refractivity contribution in [1.82, 2.24) is 13.8 Å². The number of sulfonamides is 1. The van der Waals surface area contributed by atoms with Crippen molar-refractivity contribution >= 4 is 21.6 Å². The SMILES string of the molecule is CN(Cc1c(F)cccc1Cl)Cn1cc(S(=O)(=O)N2CCCC2)ccc1=O. The molecule has 0 spiro atoms. The van der Waals surface area contributed by atoms with Crippen molar-refractivity contribution in [2.75, 3.05) is 20.1 Å². The zero-order valence-electron chi connectivity index (χ0n) is 14.9. The molecule has 2 aromatic rings. The van der Waals surface area contributed by atoms with E-state index in [1.165, 1.54) is 39.3 Å². The second kappa shape index (κ2) is 8.10. The highest BCUT2D eigenvalue weighted by atomic mass is 35.5. The molecule has 0 unspecified atom stereocenters. The second-order valence-electron chi connectivity index (χ2n) is 6.64. The van der Waals surface area contributed by atoms with Gasteiger partial charge in [-0.2, -0.15) is 4.31 Å². The number of benzene rings is 1. The Morgan fingerprint density at radius 1 is 1.19 bits per heavy atom. The minimum Gasteiger partial charge on any atom is -0.301 e.